The molecule has 3 aromatic rings. The summed E-state index contributed by atoms with van der Waals surface area (Å²) in [6.45, 7) is 1.56. The maximum absolute atomic E-state index is 5.77. The molecular weight excluding hydrogens is 222 g/mol. The number of aromatic nitrogens is 1. The van der Waals surface area contributed by atoms with Crippen LogP contribution in [0.15, 0.2) is 67.0 Å². The zero-order valence-corrected chi connectivity index (χ0v) is 10.1. The van der Waals surface area contributed by atoms with Gasteiger partial charge in [-0.2, -0.15) is 0 Å². The number of hydrogen-bond acceptors (Lipinski definition) is 1. The molecule has 0 N–H and O–H groups in total. The van der Waals surface area contributed by atoms with E-state index in [1.807, 2.05) is 36.7 Å². The zero-order chi connectivity index (χ0) is 12.2. The van der Waals surface area contributed by atoms with Crippen LogP contribution in [0, 0.1) is 0 Å². The van der Waals surface area contributed by atoms with Gasteiger partial charge in [-0.3, -0.25) is 0 Å². The van der Waals surface area contributed by atoms with E-state index in [9.17, 15) is 0 Å². The zero-order valence-electron chi connectivity index (χ0n) is 10.1. The molecule has 0 radical (unpaired) electrons. The highest BCUT2D eigenvalue weighted by molar-refractivity contribution is 5.83. The predicted octanol–water partition coefficient (Wildman–Crippen LogP) is 3.72. The summed E-state index contributed by atoms with van der Waals surface area (Å²) in [7, 11) is 0. The average Bonchev–Trinajstić information content (AvgIpc) is 2.92. The van der Waals surface area contributed by atoms with Crippen LogP contribution in [0.4, 0.5) is 0 Å². The van der Waals surface area contributed by atoms with E-state index in [2.05, 4.69) is 34.9 Å². The second-order valence-corrected chi connectivity index (χ2v) is 4.28. The fourth-order valence-corrected chi connectivity index (χ4v) is 2.05. The van der Waals surface area contributed by atoms with Crippen LogP contribution in [0.25, 0.3) is 10.8 Å². The van der Waals surface area contributed by atoms with Gasteiger partial charge in [0.1, 0.15) is 12.4 Å². The lowest BCUT2D eigenvalue weighted by molar-refractivity contribution is 0.299. The second kappa shape index (κ2) is 4.96. The summed E-state index contributed by atoms with van der Waals surface area (Å²) < 4.78 is 7.88. The first-order chi connectivity index (χ1) is 8.92. The lowest BCUT2D eigenvalue weighted by Crippen LogP contribution is -2.06. The number of ether oxygens (including phenoxy) is 1. The van der Waals surface area contributed by atoms with Crippen molar-refractivity contribution in [1.29, 1.82) is 0 Å². The quantitative estimate of drug-likeness (QED) is 0.674. The van der Waals surface area contributed by atoms with Crippen LogP contribution in [0.3, 0.4) is 0 Å². The lowest BCUT2D eigenvalue weighted by Gasteiger charge is -2.08. The van der Waals surface area contributed by atoms with Crippen molar-refractivity contribution in [1.82, 2.24) is 4.57 Å². The smallest absolute Gasteiger partial charge is 0.120 e. The Balaban J connectivity index is 1.67. The summed E-state index contributed by atoms with van der Waals surface area (Å²) in [5.41, 5.74) is 0. The van der Waals surface area contributed by atoms with Gasteiger partial charge in [0.05, 0.1) is 6.54 Å². The number of benzene rings is 2. The Labute approximate surface area is 106 Å². The molecule has 0 spiro atoms. The van der Waals surface area contributed by atoms with E-state index < -0.39 is 0 Å². The lowest BCUT2D eigenvalue weighted by atomic mass is 10.1. The van der Waals surface area contributed by atoms with Gasteiger partial charge in [-0.1, -0.05) is 30.3 Å². The van der Waals surface area contributed by atoms with Crippen molar-refractivity contribution in [3.8, 4) is 5.75 Å². The first-order valence-corrected chi connectivity index (χ1v) is 6.14. The van der Waals surface area contributed by atoms with Gasteiger partial charge in [-0.15, -0.1) is 0 Å². The molecule has 0 bridgehead atoms. The van der Waals surface area contributed by atoms with E-state index in [-0.39, 0.29) is 0 Å². The highest BCUT2D eigenvalue weighted by atomic mass is 16.5. The molecule has 2 heteroatoms. The molecule has 0 fully saturated rings. The Morgan fingerprint density at radius 2 is 1.61 bits per heavy atom. The SMILES string of the molecule is c1ccc2cc(OCCn3cccc3)ccc2c1. The molecule has 0 aliphatic carbocycles. The van der Waals surface area contributed by atoms with Crippen molar-refractivity contribution in [3.05, 3.63) is 67.0 Å². The third-order valence-electron chi connectivity index (χ3n) is 3.01. The highest BCUT2D eigenvalue weighted by Gasteiger charge is 1.97. The third kappa shape index (κ3) is 2.38. The van der Waals surface area contributed by atoms with Crippen LogP contribution in [-0.4, -0.2) is 11.2 Å². The summed E-state index contributed by atoms with van der Waals surface area (Å²) in [6.07, 6.45) is 4.09. The Morgan fingerprint density at radius 3 is 2.44 bits per heavy atom. The minimum Gasteiger partial charge on any atom is -0.492 e. The molecule has 18 heavy (non-hydrogen) atoms. The summed E-state index contributed by atoms with van der Waals surface area (Å²) in [4.78, 5) is 0. The van der Waals surface area contributed by atoms with Crippen molar-refractivity contribution in [2.75, 3.05) is 6.61 Å². The van der Waals surface area contributed by atoms with Crippen LogP contribution >= 0.6 is 0 Å². The van der Waals surface area contributed by atoms with Crippen molar-refractivity contribution >= 4 is 10.8 Å². The summed E-state index contributed by atoms with van der Waals surface area (Å²) in [6, 6.07) is 18.6. The van der Waals surface area contributed by atoms with Gasteiger partial charge in [-0.25, -0.2) is 0 Å². The number of fused-ring (bicyclic) bond motifs is 1. The van der Waals surface area contributed by atoms with Gasteiger partial charge in [0.15, 0.2) is 0 Å². The molecule has 0 saturated heterocycles. The maximum atomic E-state index is 5.77. The molecule has 1 heterocycles. The van der Waals surface area contributed by atoms with Crippen LogP contribution in [0.5, 0.6) is 5.75 Å². The average molecular weight is 237 g/mol. The van der Waals surface area contributed by atoms with Gasteiger partial charge >= 0.3 is 0 Å². The van der Waals surface area contributed by atoms with Gasteiger partial charge in [-0.05, 0) is 35.0 Å². The number of hydrogen-bond donors (Lipinski definition) is 0. The summed E-state index contributed by atoms with van der Waals surface area (Å²) in [5, 5.41) is 2.46. The molecule has 0 unspecified atom stereocenters. The topological polar surface area (TPSA) is 14.2 Å². The molecule has 0 amide bonds. The van der Waals surface area contributed by atoms with E-state index in [1.54, 1.807) is 0 Å². The molecule has 0 atom stereocenters. The molecule has 1 aromatic heterocycles. The monoisotopic (exact) mass is 237 g/mol. The molecule has 0 aliphatic heterocycles. The third-order valence-corrected chi connectivity index (χ3v) is 3.01. The van der Waals surface area contributed by atoms with Crippen LogP contribution in [-0.2, 0) is 6.54 Å². The van der Waals surface area contributed by atoms with Gasteiger partial charge in [0.2, 0.25) is 0 Å². The van der Waals surface area contributed by atoms with Crippen LogP contribution in [0.1, 0.15) is 0 Å². The number of rotatable bonds is 4. The summed E-state index contributed by atoms with van der Waals surface area (Å²) in [5.74, 6) is 0.931. The predicted molar refractivity (Wildman–Crippen MR) is 73.9 cm³/mol. The Hall–Kier alpha value is -2.22. The Morgan fingerprint density at radius 1 is 0.833 bits per heavy atom. The molecule has 90 valence electrons. The number of nitrogens with zero attached hydrogens (tertiary/aromatic N) is 1. The van der Waals surface area contributed by atoms with Crippen LogP contribution < -0.4 is 4.74 Å². The largest absolute Gasteiger partial charge is 0.492 e. The molecule has 2 nitrogen and oxygen atoms in total. The Bertz CT molecular complexity index is 628. The standard InChI is InChI=1S/C16H15NO/c1-2-6-15-13-16(8-7-14(15)5-1)18-12-11-17-9-3-4-10-17/h1-10,13H,11-12H2. The first kappa shape index (κ1) is 10.9. The second-order valence-electron chi connectivity index (χ2n) is 4.28. The molecule has 3 rings (SSSR count). The van der Waals surface area contributed by atoms with Crippen molar-refractivity contribution in [2.24, 2.45) is 0 Å². The fourth-order valence-electron chi connectivity index (χ4n) is 2.05. The molecule has 0 aliphatic rings. The van der Waals surface area contributed by atoms with Crippen molar-refractivity contribution < 1.29 is 4.74 Å². The first-order valence-electron chi connectivity index (χ1n) is 6.14. The highest BCUT2D eigenvalue weighted by Crippen LogP contribution is 2.20. The van der Waals surface area contributed by atoms with E-state index in [1.165, 1.54) is 10.8 Å². The normalized spacial score (nSPS) is 10.7. The van der Waals surface area contributed by atoms with Gasteiger partial charge in [0, 0.05) is 12.4 Å². The summed E-state index contributed by atoms with van der Waals surface area (Å²) >= 11 is 0. The minimum atomic E-state index is 0.688. The van der Waals surface area contributed by atoms with E-state index >= 15 is 0 Å². The van der Waals surface area contributed by atoms with Crippen molar-refractivity contribution in [3.63, 3.8) is 0 Å². The maximum Gasteiger partial charge on any atom is 0.120 e. The minimum absolute atomic E-state index is 0.688. The molecule has 0 saturated carbocycles. The van der Waals surface area contributed by atoms with E-state index in [0.29, 0.717) is 6.61 Å². The van der Waals surface area contributed by atoms with E-state index in [4.69, 9.17) is 4.74 Å². The van der Waals surface area contributed by atoms with Crippen LogP contribution in [0.2, 0.25) is 0 Å². The van der Waals surface area contributed by atoms with Crippen molar-refractivity contribution in [2.45, 2.75) is 6.54 Å². The van der Waals surface area contributed by atoms with Gasteiger partial charge in [0.25, 0.3) is 0 Å². The van der Waals surface area contributed by atoms with Gasteiger partial charge < -0.3 is 9.30 Å². The Kier molecular flexibility index (Phi) is 3.01. The molecule has 2 aromatic carbocycles. The van der Waals surface area contributed by atoms with E-state index in [0.717, 1.165) is 12.3 Å². The molecular formula is C16H15NO. The fraction of sp³-hybridized carbons (Fsp3) is 0.125.